The van der Waals surface area contributed by atoms with Crippen LogP contribution in [0.4, 0.5) is 0 Å². The summed E-state index contributed by atoms with van der Waals surface area (Å²) in [6.07, 6.45) is 7.96. The summed E-state index contributed by atoms with van der Waals surface area (Å²) >= 11 is 0. The van der Waals surface area contributed by atoms with E-state index in [1.54, 1.807) is 0 Å². The third-order valence-corrected chi connectivity index (χ3v) is 4.26. The first-order valence-corrected chi connectivity index (χ1v) is 7.17. The molecule has 2 aliphatic rings. The number of rotatable bonds is 2. The van der Waals surface area contributed by atoms with Crippen molar-refractivity contribution in [2.75, 3.05) is 26.2 Å². The molecule has 0 saturated carbocycles. The smallest absolute Gasteiger partial charge is 0.0300 e. The van der Waals surface area contributed by atoms with Gasteiger partial charge in [-0.1, -0.05) is 49.4 Å². The van der Waals surface area contributed by atoms with Crippen LogP contribution in [0.5, 0.6) is 0 Å². The molecule has 1 aromatic rings. The number of allylic oxidation sites excluding steroid dienone is 4. The van der Waals surface area contributed by atoms with Crippen LogP contribution >= 0.6 is 0 Å². The molecule has 1 N–H and O–H groups in total. The summed E-state index contributed by atoms with van der Waals surface area (Å²) in [6.45, 7) is 6.80. The van der Waals surface area contributed by atoms with Crippen LogP contribution in [0.15, 0.2) is 54.3 Å². The molecule has 1 heterocycles. The molecule has 0 bridgehead atoms. The van der Waals surface area contributed by atoms with Crippen molar-refractivity contribution in [2.45, 2.75) is 18.8 Å². The second kappa shape index (κ2) is 5.22. The third-order valence-electron chi connectivity index (χ3n) is 4.26. The highest BCUT2D eigenvalue weighted by molar-refractivity contribution is 5.37. The van der Waals surface area contributed by atoms with Crippen LogP contribution in [0.2, 0.25) is 0 Å². The van der Waals surface area contributed by atoms with Crippen LogP contribution in [0.25, 0.3) is 0 Å². The van der Waals surface area contributed by atoms with Gasteiger partial charge in [-0.15, -0.1) is 0 Å². The van der Waals surface area contributed by atoms with Crippen LogP contribution in [-0.2, 0) is 5.41 Å². The molecular formula is C17H22N2. The molecule has 1 aromatic carbocycles. The second-order valence-corrected chi connectivity index (χ2v) is 5.71. The van der Waals surface area contributed by atoms with Crippen LogP contribution in [0.3, 0.4) is 0 Å². The van der Waals surface area contributed by atoms with Crippen LogP contribution in [-0.4, -0.2) is 31.1 Å². The highest BCUT2D eigenvalue weighted by atomic mass is 15.2. The normalized spacial score (nSPS) is 27.2. The summed E-state index contributed by atoms with van der Waals surface area (Å²) < 4.78 is 0. The summed E-state index contributed by atoms with van der Waals surface area (Å²) in [5, 5.41) is 3.42. The lowest BCUT2D eigenvalue weighted by atomic mass is 9.76. The van der Waals surface area contributed by atoms with Crippen molar-refractivity contribution in [1.82, 2.24) is 10.2 Å². The zero-order chi connectivity index (χ0) is 13.1. The molecule has 1 saturated heterocycles. The molecule has 2 heteroatoms. The van der Waals surface area contributed by atoms with E-state index in [2.05, 4.69) is 65.7 Å². The Labute approximate surface area is 115 Å². The fourth-order valence-electron chi connectivity index (χ4n) is 3.05. The van der Waals surface area contributed by atoms with E-state index in [0.717, 1.165) is 32.6 Å². The molecule has 1 fully saturated rings. The molecule has 3 rings (SSSR count). The van der Waals surface area contributed by atoms with Gasteiger partial charge in [0, 0.05) is 43.7 Å². The Kier molecular flexibility index (Phi) is 3.43. The fraction of sp³-hybridized carbons (Fsp3) is 0.412. The van der Waals surface area contributed by atoms with Gasteiger partial charge in [0.15, 0.2) is 0 Å². The lowest BCUT2D eigenvalue weighted by Crippen LogP contribution is -2.44. The van der Waals surface area contributed by atoms with Crippen LogP contribution in [0, 0.1) is 0 Å². The summed E-state index contributed by atoms with van der Waals surface area (Å²) in [4.78, 5) is 2.53. The van der Waals surface area contributed by atoms with E-state index in [1.807, 2.05) is 0 Å². The zero-order valence-corrected chi connectivity index (χ0v) is 11.6. The highest BCUT2D eigenvalue weighted by Crippen LogP contribution is 2.36. The lowest BCUT2D eigenvalue weighted by molar-refractivity contribution is 0.278. The lowest BCUT2D eigenvalue weighted by Gasteiger charge is -2.38. The van der Waals surface area contributed by atoms with Crippen molar-refractivity contribution < 1.29 is 0 Å². The van der Waals surface area contributed by atoms with Crippen molar-refractivity contribution >= 4 is 0 Å². The molecule has 1 unspecified atom stereocenters. The molecule has 0 spiro atoms. The van der Waals surface area contributed by atoms with E-state index in [4.69, 9.17) is 0 Å². The molecule has 0 amide bonds. The minimum atomic E-state index is 0.135. The topological polar surface area (TPSA) is 15.3 Å². The SMILES string of the molecule is CC1(c2ccccc2)C=CC=C(N2CCNCC2)C1. The van der Waals surface area contributed by atoms with Gasteiger partial charge in [-0.3, -0.25) is 0 Å². The molecule has 0 aromatic heterocycles. The van der Waals surface area contributed by atoms with Gasteiger partial charge in [0.05, 0.1) is 0 Å². The average molecular weight is 254 g/mol. The monoisotopic (exact) mass is 254 g/mol. The largest absolute Gasteiger partial charge is 0.372 e. The summed E-state index contributed by atoms with van der Waals surface area (Å²) in [6, 6.07) is 10.8. The first-order chi connectivity index (χ1) is 9.28. The minimum absolute atomic E-state index is 0.135. The first kappa shape index (κ1) is 12.5. The predicted molar refractivity (Wildman–Crippen MR) is 80.1 cm³/mol. The standard InChI is InChI=1S/C17H22N2/c1-17(15-6-3-2-4-7-15)9-5-8-16(14-17)19-12-10-18-11-13-19/h2-9,18H,10-14H2,1H3. The number of nitrogens with zero attached hydrogens (tertiary/aromatic N) is 1. The summed E-state index contributed by atoms with van der Waals surface area (Å²) in [5.41, 5.74) is 3.03. The van der Waals surface area contributed by atoms with Crippen molar-refractivity contribution in [3.8, 4) is 0 Å². The Morgan fingerprint density at radius 1 is 1.11 bits per heavy atom. The van der Waals surface area contributed by atoms with Gasteiger partial charge in [0.25, 0.3) is 0 Å². The van der Waals surface area contributed by atoms with Crippen molar-refractivity contribution in [3.05, 3.63) is 59.8 Å². The van der Waals surface area contributed by atoms with E-state index in [0.29, 0.717) is 0 Å². The van der Waals surface area contributed by atoms with E-state index < -0.39 is 0 Å². The van der Waals surface area contributed by atoms with Crippen molar-refractivity contribution in [1.29, 1.82) is 0 Å². The van der Waals surface area contributed by atoms with Gasteiger partial charge in [-0.05, 0) is 11.6 Å². The Balaban J connectivity index is 1.80. The van der Waals surface area contributed by atoms with E-state index in [1.165, 1.54) is 11.3 Å². The Morgan fingerprint density at radius 3 is 2.58 bits per heavy atom. The quantitative estimate of drug-likeness (QED) is 0.873. The van der Waals surface area contributed by atoms with Gasteiger partial charge >= 0.3 is 0 Å². The van der Waals surface area contributed by atoms with Gasteiger partial charge < -0.3 is 10.2 Å². The summed E-state index contributed by atoms with van der Waals surface area (Å²) in [7, 11) is 0. The number of nitrogens with one attached hydrogen (secondary N) is 1. The highest BCUT2D eigenvalue weighted by Gasteiger charge is 2.28. The fourth-order valence-corrected chi connectivity index (χ4v) is 3.05. The molecule has 1 aliphatic heterocycles. The Bertz CT molecular complexity index is 483. The molecule has 19 heavy (non-hydrogen) atoms. The van der Waals surface area contributed by atoms with Gasteiger partial charge in [-0.2, -0.15) is 0 Å². The molecule has 1 aliphatic carbocycles. The molecule has 0 radical (unpaired) electrons. The average Bonchev–Trinajstić information content (AvgIpc) is 2.49. The van der Waals surface area contributed by atoms with Gasteiger partial charge in [0.1, 0.15) is 0 Å². The minimum Gasteiger partial charge on any atom is -0.372 e. The van der Waals surface area contributed by atoms with Gasteiger partial charge in [-0.25, -0.2) is 0 Å². The number of hydrogen-bond acceptors (Lipinski definition) is 2. The molecule has 100 valence electrons. The maximum atomic E-state index is 3.42. The van der Waals surface area contributed by atoms with E-state index in [-0.39, 0.29) is 5.41 Å². The Morgan fingerprint density at radius 2 is 1.84 bits per heavy atom. The van der Waals surface area contributed by atoms with E-state index in [9.17, 15) is 0 Å². The van der Waals surface area contributed by atoms with Gasteiger partial charge in [0.2, 0.25) is 0 Å². The Hall–Kier alpha value is -1.54. The van der Waals surface area contributed by atoms with Crippen LogP contribution < -0.4 is 5.32 Å². The molecule has 1 atom stereocenters. The third kappa shape index (κ3) is 2.59. The summed E-state index contributed by atoms with van der Waals surface area (Å²) in [5.74, 6) is 0. The molecular weight excluding hydrogens is 232 g/mol. The molecule has 2 nitrogen and oxygen atoms in total. The number of hydrogen-bond donors (Lipinski definition) is 1. The second-order valence-electron chi connectivity index (χ2n) is 5.71. The van der Waals surface area contributed by atoms with Crippen molar-refractivity contribution in [2.24, 2.45) is 0 Å². The van der Waals surface area contributed by atoms with E-state index >= 15 is 0 Å². The zero-order valence-electron chi connectivity index (χ0n) is 11.6. The van der Waals surface area contributed by atoms with Crippen LogP contribution in [0.1, 0.15) is 18.9 Å². The first-order valence-electron chi connectivity index (χ1n) is 7.17. The number of benzene rings is 1. The maximum Gasteiger partial charge on any atom is 0.0300 e. The maximum absolute atomic E-state index is 3.42. The predicted octanol–water partition coefficient (Wildman–Crippen LogP) is 2.69. The number of piperazine rings is 1. The van der Waals surface area contributed by atoms with Crippen molar-refractivity contribution in [3.63, 3.8) is 0 Å².